The lowest BCUT2D eigenvalue weighted by molar-refractivity contribution is -0.130. The lowest BCUT2D eigenvalue weighted by Crippen LogP contribution is -2.28. The molecule has 0 bridgehead atoms. The Bertz CT molecular complexity index is 414. The molecular weight excluding hydrogens is 234 g/mol. The Morgan fingerprint density at radius 1 is 1.50 bits per heavy atom. The van der Waals surface area contributed by atoms with Crippen LogP contribution in [0.1, 0.15) is 36.7 Å². The predicted octanol–water partition coefficient (Wildman–Crippen LogP) is 1.23. The molecule has 6 heteroatoms. The normalized spacial score (nSPS) is 10.3. The van der Waals surface area contributed by atoms with Crippen molar-refractivity contribution in [3.8, 4) is 0 Å². The molecule has 0 spiro atoms. The Morgan fingerprint density at radius 3 is 2.78 bits per heavy atom. The lowest BCUT2D eigenvalue weighted by Gasteiger charge is -2.16. The molecule has 0 unspecified atom stereocenters. The SMILES string of the molecule is CCCCN(C)C(=O)CCn1ccc(C(=O)O)n1. The van der Waals surface area contributed by atoms with Gasteiger partial charge in [0.05, 0.1) is 0 Å². The number of carboxylic acid groups (broad SMARTS) is 1. The van der Waals surface area contributed by atoms with Gasteiger partial charge >= 0.3 is 5.97 Å². The molecule has 6 nitrogen and oxygen atoms in total. The maximum atomic E-state index is 11.7. The largest absolute Gasteiger partial charge is 0.476 e. The van der Waals surface area contributed by atoms with Gasteiger partial charge in [-0.15, -0.1) is 0 Å². The number of aromatic nitrogens is 2. The van der Waals surface area contributed by atoms with Crippen LogP contribution in [0, 0.1) is 0 Å². The minimum atomic E-state index is -1.06. The van der Waals surface area contributed by atoms with E-state index in [9.17, 15) is 9.59 Å². The fourth-order valence-corrected chi connectivity index (χ4v) is 1.52. The van der Waals surface area contributed by atoms with Crippen LogP contribution in [-0.2, 0) is 11.3 Å². The summed E-state index contributed by atoms with van der Waals surface area (Å²) in [6, 6.07) is 1.42. The zero-order valence-corrected chi connectivity index (χ0v) is 10.8. The van der Waals surface area contributed by atoms with E-state index >= 15 is 0 Å². The minimum Gasteiger partial charge on any atom is -0.476 e. The quantitative estimate of drug-likeness (QED) is 0.793. The van der Waals surface area contributed by atoms with Crippen molar-refractivity contribution in [3.05, 3.63) is 18.0 Å². The van der Waals surface area contributed by atoms with Crippen LogP contribution < -0.4 is 0 Å². The summed E-state index contributed by atoms with van der Waals surface area (Å²) in [6.07, 6.45) is 3.95. The van der Waals surface area contributed by atoms with E-state index in [4.69, 9.17) is 5.11 Å². The first-order valence-corrected chi connectivity index (χ1v) is 6.05. The zero-order chi connectivity index (χ0) is 13.5. The second-order valence-electron chi connectivity index (χ2n) is 4.19. The van der Waals surface area contributed by atoms with Crippen molar-refractivity contribution in [2.45, 2.75) is 32.7 Å². The van der Waals surface area contributed by atoms with Crippen molar-refractivity contribution in [1.29, 1.82) is 0 Å². The number of aromatic carboxylic acids is 1. The highest BCUT2D eigenvalue weighted by Gasteiger charge is 2.10. The topological polar surface area (TPSA) is 75.4 Å². The molecule has 1 amide bonds. The molecule has 0 radical (unpaired) electrons. The van der Waals surface area contributed by atoms with Crippen LogP contribution in [0.3, 0.4) is 0 Å². The summed E-state index contributed by atoms with van der Waals surface area (Å²) in [6.45, 7) is 3.24. The number of carboxylic acids is 1. The van der Waals surface area contributed by atoms with E-state index in [0.717, 1.165) is 19.4 Å². The summed E-state index contributed by atoms with van der Waals surface area (Å²) in [7, 11) is 1.78. The molecule has 1 N–H and O–H groups in total. The van der Waals surface area contributed by atoms with Gasteiger partial charge in [0.2, 0.25) is 5.91 Å². The van der Waals surface area contributed by atoms with Gasteiger partial charge in [-0.05, 0) is 12.5 Å². The van der Waals surface area contributed by atoms with E-state index in [1.807, 2.05) is 0 Å². The fraction of sp³-hybridized carbons (Fsp3) is 0.583. The van der Waals surface area contributed by atoms with E-state index in [1.54, 1.807) is 18.1 Å². The monoisotopic (exact) mass is 253 g/mol. The number of carbonyl (C=O) groups is 2. The van der Waals surface area contributed by atoms with Crippen molar-refractivity contribution < 1.29 is 14.7 Å². The molecule has 100 valence electrons. The van der Waals surface area contributed by atoms with Crippen molar-refractivity contribution in [2.75, 3.05) is 13.6 Å². The zero-order valence-electron chi connectivity index (χ0n) is 10.8. The molecule has 0 aliphatic carbocycles. The number of hydrogen-bond donors (Lipinski definition) is 1. The van der Waals surface area contributed by atoms with Crippen molar-refractivity contribution in [1.82, 2.24) is 14.7 Å². The van der Waals surface area contributed by atoms with Crippen molar-refractivity contribution >= 4 is 11.9 Å². The molecular formula is C12H19N3O3. The third-order valence-electron chi connectivity index (χ3n) is 2.69. The maximum Gasteiger partial charge on any atom is 0.356 e. The Kier molecular flexibility index (Phi) is 5.35. The van der Waals surface area contributed by atoms with Gasteiger partial charge in [0.15, 0.2) is 5.69 Å². The predicted molar refractivity (Wildman–Crippen MR) is 66.3 cm³/mol. The number of carbonyl (C=O) groups excluding carboxylic acids is 1. The van der Waals surface area contributed by atoms with Gasteiger partial charge in [0.25, 0.3) is 0 Å². The Balaban J connectivity index is 2.39. The van der Waals surface area contributed by atoms with E-state index in [0.29, 0.717) is 13.0 Å². The molecule has 1 rings (SSSR count). The third-order valence-corrected chi connectivity index (χ3v) is 2.69. The maximum absolute atomic E-state index is 11.7. The number of nitrogens with zero attached hydrogens (tertiary/aromatic N) is 3. The summed E-state index contributed by atoms with van der Waals surface area (Å²) in [5.41, 5.74) is 0.00165. The summed E-state index contributed by atoms with van der Waals surface area (Å²) in [4.78, 5) is 24.1. The molecule has 1 aromatic rings. The Labute approximate surface area is 106 Å². The number of rotatable bonds is 7. The number of unbranched alkanes of at least 4 members (excludes halogenated alkanes) is 1. The van der Waals surface area contributed by atoms with Crippen LogP contribution in [-0.4, -0.2) is 45.3 Å². The second-order valence-corrected chi connectivity index (χ2v) is 4.19. The summed E-state index contributed by atoms with van der Waals surface area (Å²) in [5, 5.41) is 12.6. The van der Waals surface area contributed by atoms with Gasteiger partial charge < -0.3 is 10.0 Å². The van der Waals surface area contributed by atoms with Gasteiger partial charge in [0, 0.05) is 32.8 Å². The van der Waals surface area contributed by atoms with Crippen LogP contribution >= 0.6 is 0 Å². The molecule has 0 saturated heterocycles. The van der Waals surface area contributed by atoms with Gasteiger partial charge in [-0.25, -0.2) is 4.79 Å². The van der Waals surface area contributed by atoms with Crippen molar-refractivity contribution in [3.63, 3.8) is 0 Å². The molecule has 1 aromatic heterocycles. The molecule has 0 aliphatic rings. The highest BCUT2D eigenvalue weighted by Crippen LogP contribution is 2.00. The van der Waals surface area contributed by atoms with E-state index < -0.39 is 5.97 Å². The van der Waals surface area contributed by atoms with Gasteiger partial charge in [-0.1, -0.05) is 13.3 Å². The molecule has 18 heavy (non-hydrogen) atoms. The van der Waals surface area contributed by atoms with E-state index in [1.165, 1.54) is 10.7 Å². The standard InChI is InChI=1S/C12H19N3O3/c1-3-4-7-14(2)11(16)6-9-15-8-5-10(13-15)12(17)18/h5,8H,3-4,6-7,9H2,1-2H3,(H,17,18). The van der Waals surface area contributed by atoms with Crippen LogP contribution in [0.25, 0.3) is 0 Å². The lowest BCUT2D eigenvalue weighted by atomic mass is 10.3. The van der Waals surface area contributed by atoms with Crippen LogP contribution in [0.15, 0.2) is 12.3 Å². The highest BCUT2D eigenvalue weighted by atomic mass is 16.4. The Morgan fingerprint density at radius 2 is 2.22 bits per heavy atom. The average molecular weight is 253 g/mol. The molecule has 0 fully saturated rings. The van der Waals surface area contributed by atoms with Crippen LogP contribution in [0.5, 0.6) is 0 Å². The fourth-order valence-electron chi connectivity index (χ4n) is 1.52. The summed E-state index contributed by atoms with van der Waals surface area (Å²) < 4.78 is 1.48. The molecule has 0 aliphatic heterocycles. The molecule has 0 saturated carbocycles. The first-order chi connectivity index (χ1) is 8.54. The van der Waals surface area contributed by atoms with Crippen molar-refractivity contribution in [2.24, 2.45) is 0 Å². The molecule has 0 aromatic carbocycles. The third kappa shape index (κ3) is 4.20. The second kappa shape index (κ2) is 6.78. The van der Waals surface area contributed by atoms with Crippen LogP contribution in [0.4, 0.5) is 0 Å². The van der Waals surface area contributed by atoms with Gasteiger partial charge in [-0.2, -0.15) is 5.10 Å². The molecule has 1 heterocycles. The van der Waals surface area contributed by atoms with E-state index in [2.05, 4.69) is 12.0 Å². The van der Waals surface area contributed by atoms with Gasteiger partial charge in [-0.3, -0.25) is 9.48 Å². The summed E-state index contributed by atoms with van der Waals surface area (Å²) in [5.74, 6) is -1.00. The first-order valence-electron chi connectivity index (χ1n) is 6.05. The van der Waals surface area contributed by atoms with Crippen LogP contribution in [0.2, 0.25) is 0 Å². The number of aryl methyl sites for hydroxylation is 1. The highest BCUT2D eigenvalue weighted by molar-refractivity contribution is 5.85. The first kappa shape index (κ1) is 14.2. The average Bonchev–Trinajstić information content (AvgIpc) is 2.81. The van der Waals surface area contributed by atoms with Gasteiger partial charge in [0.1, 0.15) is 0 Å². The number of amides is 1. The minimum absolute atomic E-state index is 0.00165. The Hall–Kier alpha value is -1.85. The smallest absolute Gasteiger partial charge is 0.356 e. The number of hydrogen-bond acceptors (Lipinski definition) is 3. The summed E-state index contributed by atoms with van der Waals surface area (Å²) >= 11 is 0. The molecule has 0 atom stereocenters. The van der Waals surface area contributed by atoms with E-state index in [-0.39, 0.29) is 11.6 Å².